The Balaban J connectivity index is 0.00000120. The van der Waals surface area contributed by atoms with Crippen molar-refractivity contribution in [1.29, 1.82) is 0 Å². The molecule has 6 heteroatoms. The molecule has 0 amide bonds. The van der Waals surface area contributed by atoms with Crippen molar-refractivity contribution >= 4 is 41.0 Å². The van der Waals surface area contributed by atoms with E-state index >= 15 is 0 Å². The Kier molecular flexibility index (Phi) is 4.00. The molecular weight excluding hydrogens is 291 g/mol. The highest BCUT2D eigenvalue weighted by Crippen LogP contribution is 2.41. The minimum absolute atomic E-state index is 0. The Hall–Kier alpha value is -0.970. The summed E-state index contributed by atoms with van der Waals surface area (Å²) in [4.78, 5) is 15.6. The molecule has 0 bridgehead atoms. The first-order valence-corrected chi connectivity index (χ1v) is 6.62. The topological polar surface area (TPSA) is 34.9 Å². The summed E-state index contributed by atoms with van der Waals surface area (Å²) < 4.78 is 2.07. The molecule has 0 saturated carbocycles. The fraction of sp³-hybridized carbons (Fsp3) is 0.167. The van der Waals surface area contributed by atoms with Crippen LogP contribution in [-0.4, -0.2) is 14.8 Å². The molecule has 94 valence electrons. The van der Waals surface area contributed by atoms with Gasteiger partial charge in [0.05, 0.1) is 11.3 Å². The van der Waals surface area contributed by atoms with Crippen molar-refractivity contribution in [2.75, 3.05) is 0 Å². The van der Waals surface area contributed by atoms with Crippen molar-refractivity contribution in [3.63, 3.8) is 0 Å². The van der Waals surface area contributed by atoms with E-state index in [2.05, 4.69) is 9.55 Å². The van der Waals surface area contributed by atoms with Gasteiger partial charge in [0, 0.05) is 23.8 Å². The molecule has 1 unspecified atom stereocenters. The van der Waals surface area contributed by atoms with E-state index in [-0.39, 0.29) is 23.0 Å². The van der Waals surface area contributed by atoms with Crippen molar-refractivity contribution in [3.05, 3.63) is 53.6 Å². The van der Waals surface area contributed by atoms with E-state index in [1.54, 1.807) is 24.0 Å². The molecule has 0 aromatic carbocycles. The number of pyridine rings is 1. The van der Waals surface area contributed by atoms with Gasteiger partial charge in [-0.25, -0.2) is 0 Å². The number of aromatic nitrogens is 2. The number of halogens is 2. The van der Waals surface area contributed by atoms with Crippen LogP contribution in [0.15, 0.2) is 36.7 Å². The zero-order valence-electron chi connectivity index (χ0n) is 9.25. The van der Waals surface area contributed by atoms with Crippen LogP contribution in [0.25, 0.3) is 0 Å². The highest BCUT2D eigenvalue weighted by molar-refractivity contribution is 7.99. The highest BCUT2D eigenvalue weighted by Gasteiger charge is 2.28. The molecule has 1 aliphatic heterocycles. The zero-order valence-corrected chi connectivity index (χ0v) is 11.6. The summed E-state index contributed by atoms with van der Waals surface area (Å²) in [5, 5.41) is -0.239. The summed E-state index contributed by atoms with van der Waals surface area (Å²) >= 11 is 7.30. The lowest BCUT2D eigenvalue weighted by Crippen LogP contribution is -2.04. The summed E-state index contributed by atoms with van der Waals surface area (Å²) in [6.45, 7) is 0. The summed E-state index contributed by atoms with van der Waals surface area (Å²) in [5.41, 5.74) is 2.60. The third-order valence-corrected chi connectivity index (χ3v) is 4.24. The van der Waals surface area contributed by atoms with Crippen molar-refractivity contribution in [3.8, 4) is 0 Å². The lowest BCUT2D eigenvalue weighted by atomic mass is 10.3. The maximum Gasteiger partial charge on any atom is 0.254 e. The molecule has 1 atom stereocenters. The molecule has 3 rings (SSSR count). The summed E-state index contributed by atoms with van der Waals surface area (Å²) in [5.74, 6) is 0.794. The second kappa shape index (κ2) is 5.34. The van der Waals surface area contributed by atoms with E-state index < -0.39 is 0 Å². The lowest BCUT2D eigenvalue weighted by molar-refractivity contribution is 0.108. The first-order valence-electron chi connectivity index (χ1n) is 5.19. The van der Waals surface area contributed by atoms with Gasteiger partial charge in [-0.3, -0.25) is 9.78 Å². The number of hydrogen-bond donors (Lipinski definition) is 0. The number of hydrogen-bond acceptors (Lipinski definition) is 3. The standard InChI is InChI=1S/C12H9ClN2OS.ClH/c13-11(16)8-4-6-15-10(8)7-17-12(15)9-3-1-2-5-14-9;/h1-6,12H,7H2;1H. The van der Waals surface area contributed by atoms with Gasteiger partial charge in [-0.2, -0.15) is 0 Å². The van der Waals surface area contributed by atoms with Crippen LogP contribution >= 0.6 is 35.8 Å². The largest absolute Gasteiger partial charge is 0.332 e. The predicted octanol–water partition coefficient (Wildman–Crippen LogP) is 3.48. The zero-order chi connectivity index (χ0) is 11.8. The maximum atomic E-state index is 11.2. The van der Waals surface area contributed by atoms with Crippen LogP contribution in [0.1, 0.15) is 27.1 Å². The summed E-state index contributed by atoms with van der Waals surface area (Å²) in [7, 11) is 0. The molecular formula is C12H10Cl2N2OS. The number of carbonyl (C=O) groups excluding carboxylic acids is 1. The molecule has 3 heterocycles. The first-order chi connectivity index (χ1) is 8.27. The van der Waals surface area contributed by atoms with E-state index in [0.29, 0.717) is 5.56 Å². The average Bonchev–Trinajstić information content (AvgIpc) is 2.89. The van der Waals surface area contributed by atoms with E-state index in [1.165, 1.54) is 0 Å². The molecule has 1 aliphatic rings. The Bertz CT molecular complexity index is 571. The van der Waals surface area contributed by atoms with Crippen molar-refractivity contribution < 1.29 is 4.79 Å². The number of nitrogens with zero attached hydrogens (tertiary/aromatic N) is 2. The normalized spacial score (nSPS) is 17.1. The van der Waals surface area contributed by atoms with Gasteiger partial charge in [0.2, 0.25) is 0 Å². The van der Waals surface area contributed by atoms with Crippen LogP contribution in [0.4, 0.5) is 0 Å². The van der Waals surface area contributed by atoms with Gasteiger partial charge >= 0.3 is 0 Å². The monoisotopic (exact) mass is 300 g/mol. The van der Waals surface area contributed by atoms with Crippen LogP contribution in [-0.2, 0) is 5.75 Å². The fourth-order valence-corrected chi connectivity index (χ4v) is 3.48. The Morgan fingerprint density at radius 2 is 2.28 bits per heavy atom. The average molecular weight is 301 g/mol. The van der Waals surface area contributed by atoms with Gasteiger partial charge < -0.3 is 4.57 Å². The van der Waals surface area contributed by atoms with E-state index in [9.17, 15) is 4.79 Å². The van der Waals surface area contributed by atoms with Crippen LogP contribution in [0, 0.1) is 0 Å². The molecule has 0 saturated heterocycles. The Morgan fingerprint density at radius 3 is 2.94 bits per heavy atom. The van der Waals surface area contributed by atoms with E-state index in [4.69, 9.17) is 11.6 Å². The quantitative estimate of drug-likeness (QED) is 0.797. The summed E-state index contributed by atoms with van der Waals surface area (Å²) in [6.07, 6.45) is 3.69. The molecule has 3 nitrogen and oxygen atoms in total. The second-order valence-electron chi connectivity index (χ2n) is 3.78. The first kappa shape index (κ1) is 13.5. The smallest absolute Gasteiger partial charge is 0.254 e. The molecule has 0 aliphatic carbocycles. The highest BCUT2D eigenvalue weighted by atomic mass is 35.5. The third kappa shape index (κ3) is 2.16. The maximum absolute atomic E-state index is 11.2. The van der Waals surface area contributed by atoms with Gasteiger partial charge in [0.1, 0.15) is 5.37 Å². The molecule has 18 heavy (non-hydrogen) atoms. The Labute approximate surface area is 120 Å². The molecule has 0 radical (unpaired) electrons. The van der Waals surface area contributed by atoms with Gasteiger partial charge in [-0.15, -0.1) is 24.2 Å². The molecule has 0 N–H and O–H groups in total. The fourth-order valence-electron chi connectivity index (χ4n) is 2.02. The minimum Gasteiger partial charge on any atom is -0.332 e. The van der Waals surface area contributed by atoms with Crippen LogP contribution < -0.4 is 0 Å². The number of thioether (sulfide) groups is 1. The predicted molar refractivity (Wildman–Crippen MR) is 75.5 cm³/mol. The minimum atomic E-state index is -0.388. The Morgan fingerprint density at radius 1 is 1.44 bits per heavy atom. The van der Waals surface area contributed by atoms with E-state index in [0.717, 1.165) is 17.1 Å². The molecule has 0 fully saturated rings. The summed E-state index contributed by atoms with van der Waals surface area (Å²) in [6, 6.07) is 7.64. The van der Waals surface area contributed by atoms with Crippen molar-refractivity contribution in [1.82, 2.24) is 9.55 Å². The van der Waals surface area contributed by atoms with Crippen molar-refractivity contribution in [2.24, 2.45) is 0 Å². The second-order valence-corrected chi connectivity index (χ2v) is 5.19. The lowest BCUT2D eigenvalue weighted by Gasteiger charge is -2.11. The SMILES string of the molecule is Cl.O=C(Cl)c1ccn2c1CSC2c1ccccn1. The molecule has 2 aromatic rings. The van der Waals surface area contributed by atoms with Crippen LogP contribution in [0.3, 0.4) is 0 Å². The van der Waals surface area contributed by atoms with Crippen molar-refractivity contribution in [2.45, 2.75) is 11.1 Å². The van der Waals surface area contributed by atoms with Gasteiger partial charge in [0.25, 0.3) is 5.24 Å². The number of fused-ring (bicyclic) bond motifs is 1. The van der Waals surface area contributed by atoms with E-state index in [1.807, 2.05) is 24.4 Å². The number of carbonyl (C=O) groups is 1. The third-order valence-electron chi connectivity index (χ3n) is 2.81. The molecule has 2 aromatic heterocycles. The van der Waals surface area contributed by atoms with Crippen LogP contribution in [0.5, 0.6) is 0 Å². The van der Waals surface area contributed by atoms with Gasteiger partial charge in [-0.05, 0) is 29.8 Å². The van der Waals surface area contributed by atoms with Gasteiger partial charge in [-0.1, -0.05) is 6.07 Å². The molecule has 0 spiro atoms. The van der Waals surface area contributed by atoms with Crippen LogP contribution in [0.2, 0.25) is 0 Å². The van der Waals surface area contributed by atoms with Gasteiger partial charge in [0.15, 0.2) is 0 Å². The number of rotatable bonds is 2.